The van der Waals surface area contributed by atoms with Gasteiger partial charge in [-0.1, -0.05) is 91.0 Å². The first-order valence-corrected chi connectivity index (χ1v) is 10.6. The van der Waals surface area contributed by atoms with Gasteiger partial charge < -0.3 is 14.6 Å². The molecule has 3 aromatic rings. The monoisotopic (exact) mass is 379 g/mol. The van der Waals surface area contributed by atoms with Crippen LogP contribution in [0, 0.1) is 5.21 Å². The molecule has 0 N–H and O–H groups in total. The molecule has 1 fully saturated rings. The number of hydrogen-bond acceptors (Lipinski definition) is 2. The number of nitrogens with zero attached hydrogens (tertiary/aromatic N) is 1. The Morgan fingerprint density at radius 3 is 1.26 bits per heavy atom. The van der Waals surface area contributed by atoms with Crippen molar-refractivity contribution in [2.75, 3.05) is 33.4 Å². The van der Waals surface area contributed by atoms with Crippen LogP contribution in [-0.2, 0) is 4.74 Å². The summed E-state index contributed by atoms with van der Waals surface area (Å²) in [5, 5.41) is 15.2. The van der Waals surface area contributed by atoms with Gasteiger partial charge in [0.1, 0.15) is 13.1 Å². The van der Waals surface area contributed by atoms with Crippen molar-refractivity contribution in [2.45, 2.75) is 0 Å². The molecule has 140 valence electrons. The second-order valence-corrected chi connectivity index (χ2v) is 8.92. The molecule has 0 bridgehead atoms. The highest BCUT2D eigenvalue weighted by Gasteiger charge is 2.15. The standard InChI is InChI=1S/C18H15P.C5H11NO2/c1-4-10-16(11-5-1)19(17-12-6-2-7-13-17)18-14-8-3-9-15-18;1-6(7)2-4-8-5-3-6/h1-15H;2-5H2,1H3. The lowest BCUT2D eigenvalue weighted by Crippen LogP contribution is -2.46. The SMILES string of the molecule is C[N+]1([O-])CCOCC1.c1ccc(P(c2ccccc2)c2ccccc2)cc1. The van der Waals surface area contributed by atoms with E-state index in [4.69, 9.17) is 4.74 Å². The zero-order chi connectivity index (χ0) is 19.0. The minimum atomic E-state index is -0.446. The highest BCUT2D eigenvalue weighted by molar-refractivity contribution is 7.79. The molecule has 3 nitrogen and oxygen atoms in total. The minimum Gasteiger partial charge on any atom is -0.633 e. The Hall–Kier alpha value is -2.03. The first kappa shape index (κ1) is 19.7. The maximum atomic E-state index is 11.0. The topological polar surface area (TPSA) is 32.3 Å². The Morgan fingerprint density at radius 2 is 1.00 bits per heavy atom. The fraction of sp³-hybridized carbons (Fsp3) is 0.217. The Morgan fingerprint density at radius 1 is 0.667 bits per heavy atom. The molecule has 3 aromatic carbocycles. The molecule has 1 aliphatic heterocycles. The number of likely N-dealkylation sites (N-methyl/N-ethyl adjacent to an activating group) is 1. The van der Waals surface area contributed by atoms with Crippen molar-refractivity contribution in [3.8, 4) is 0 Å². The fourth-order valence-corrected chi connectivity index (χ4v) is 5.21. The summed E-state index contributed by atoms with van der Waals surface area (Å²) in [6, 6.07) is 32.3. The summed E-state index contributed by atoms with van der Waals surface area (Å²) in [5.41, 5.74) is 0. The van der Waals surface area contributed by atoms with Crippen molar-refractivity contribution in [3.63, 3.8) is 0 Å². The van der Waals surface area contributed by atoms with Crippen molar-refractivity contribution in [1.82, 2.24) is 0 Å². The highest BCUT2D eigenvalue weighted by atomic mass is 31.1. The number of ether oxygens (including phenoxy) is 1. The predicted octanol–water partition coefficient (Wildman–Crippen LogP) is 3.41. The number of morpholine rings is 1. The predicted molar refractivity (Wildman–Crippen MR) is 115 cm³/mol. The normalized spacial score (nSPS) is 15.7. The van der Waals surface area contributed by atoms with Crippen LogP contribution >= 0.6 is 7.92 Å². The Bertz CT molecular complexity index is 692. The van der Waals surface area contributed by atoms with Crippen LogP contribution in [0.3, 0.4) is 0 Å². The third-order valence-electron chi connectivity index (χ3n) is 4.46. The maximum Gasteiger partial charge on any atom is 0.102 e. The van der Waals surface area contributed by atoms with Gasteiger partial charge in [0, 0.05) is 0 Å². The van der Waals surface area contributed by atoms with E-state index in [0.29, 0.717) is 26.3 Å². The third kappa shape index (κ3) is 5.98. The van der Waals surface area contributed by atoms with E-state index < -0.39 is 7.92 Å². The summed E-state index contributed by atoms with van der Waals surface area (Å²) in [6.07, 6.45) is 0. The molecule has 1 heterocycles. The second kappa shape index (κ2) is 9.77. The molecule has 0 unspecified atom stereocenters. The van der Waals surface area contributed by atoms with E-state index in [1.807, 2.05) is 0 Å². The molecule has 0 spiro atoms. The van der Waals surface area contributed by atoms with E-state index in [1.165, 1.54) is 15.9 Å². The molecule has 27 heavy (non-hydrogen) atoms. The van der Waals surface area contributed by atoms with Gasteiger partial charge in [-0.15, -0.1) is 0 Å². The summed E-state index contributed by atoms with van der Waals surface area (Å²) < 4.78 is 4.86. The molecule has 0 amide bonds. The van der Waals surface area contributed by atoms with Crippen molar-refractivity contribution < 1.29 is 9.38 Å². The van der Waals surface area contributed by atoms with Crippen molar-refractivity contribution >= 4 is 23.8 Å². The van der Waals surface area contributed by atoms with Gasteiger partial charge in [-0.2, -0.15) is 0 Å². The average molecular weight is 379 g/mol. The highest BCUT2D eigenvalue weighted by Crippen LogP contribution is 2.32. The van der Waals surface area contributed by atoms with Crippen molar-refractivity contribution in [1.29, 1.82) is 0 Å². The zero-order valence-corrected chi connectivity index (χ0v) is 16.6. The number of quaternary nitrogens is 1. The molecule has 0 atom stereocenters. The molecule has 0 aliphatic carbocycles. The smallest absolute Gasteiger partial charge is 0.102 e. The molecule has 1 saturated heterocycles. The molecule has 4 heteroatoms. The quantitative estimate of drug-likeness (QED) is 0.397. The number of rotatable bonds is 3. The summed E-state index contributed by atoms with van der Waals surface area (Å²) in [4.78, 5) is 0. The third-order valence-corrected chi connectivity index (χ3v) is 6.90. The summed E-state index contributed by atoms with van der Waals surface area (Å²) in [7, 11) is 1.24. The number of hydrogen-bond donors (Lipinski definition) is 0. The van der Waals surface area contributed by atoms with Crippen molar-refractivity contribution in [2.24, 2.45) is 0 Å². The molecule has 0 saturated carbocycles. The first-order chi connectivity index (χ1) is 13.2. The van der Waals surface area contributed by atoms with Gasteiger partial charge >= 0.3 is 0 Å². The van der Waals surface area contributed by atoms with Crippen LogP contribution in [-0.4, -0.2) is 38.0 Å². The molecule has 0 aromatic heterocycles. The van der Waals surface area contributed by atoms with Gasteiger partial charge in [-0.05, 0) is 23.8 Å². The van der Waals surface area contributed by atoms with Crippen LogP contribution in [0.5, 0.6) is 0 Å². The van der Waals surface area contributed by atoms with Gasteiger partial charge in [-0.25, -0.2) is 0 Å². The fourth-order valence-electron chi connectivity index (χ4n) is 2.91. The molecule has 1 aliphatic rings. The summed E-state index contributed by atoms with van der Waals surface area (Å²) in [6.45, 7) is 2.47. The first-order valence-electron chi connectivity index (χ1n) is 9.24. The average Bonchev–Trinajstić information content (AvgIpc) is 2.71. The van der Waals surface area contributed by atoms with Gasteiger partial charge in [0.15, 0.2) is 0 Å². The maximum absolute atomic E-state index is 11.0. The van der Waals surface area contributed by atoms with Crippen LogP contribution in [0.1, 0.15) is 0 Å². The number of benzene rings is 3. The van der Waals surface area contributed by atoms with Crippen LogP contribution in [0.25, 0.3) is 0 Å². The van der Waals surface area contributed by atoms with E-state index in [-0.39, 0.29) is 4.65 Å². The van der Waals surface area contributed by atoms with E-state index in [9.17, 15) is 5.21 Å². The number of hydroxylamine groups is 3. The molecule has 0 radical (unpaired) electrons. The Kier molecular flexibility index (Phi) is 7.14. The summed E-state index contributed by atoms with van der Waals surface area (Å²) in [5.74, 6) is 0. The van der Waals surface area contributed by atoms with Crippen LogP contribution in [0.15, 0.2) is 91.0 Å². The minimum absolute atomic E-state index is 0.125. The Labute approximate surface area is 163 Å². The summed E-state index contributed by atoms with van der Waals surface area (Å²) >= 11 is 0. The van der Waals surface area contributed by atoms with Gasteiger partial charge in [0.2, 0.25) is 0 Å². The lowest BCUT2D eigenvalue weighted by atomic mass is 10.4. The lowest BCUT2D eigenvalue weighted by molar-refractivity contribution is -0.869. The van der Waals surface area contributed by atoms with E-state index >= 15 is 0 Å². The van der Waals surface area contributed by atoms with Gasteiger partial charge in [0.05, 0.1) is 20.3 Å². The van der Waals surface area contributed by atoms with Crippen LogP contribution in [0.2, 0.25) is 0 Å². The molecular weight excluding hydrogens is 353 g/mol. The Balaban J connectivity index is 0.000000221. The molecular formula is C23H26NO2P. The van der Waals surface area contributed by atoms with Gasteiger partial charge in [0.25, 0.3) is 0 Å². The second-order valence-electron chi connectivity index (χ2n) is 6.70. The van der Waals surface area contributed by atoms with Crippen LogP contribution < -0.4 is 15.9 Å². The zero-order valence-electron chi connectivity index (χ0n) is 15.7. The van der Waals surface area contributed by atoms with Gasteiger partial charge in [-0.3, -0.25) is 0 Å². The molecule has 4 rings (SSSR count). The lowest BCUT2D eigenvalue weighted by Gasteiger charge is -2.41. The van der Waals surface area contributed by atoms with E-state index in [1.54, 1.807) is 7.05 Å². The van der Waals surface area contributed by atoms with Crippen molar-refractivity contribution in [3.05, 3.63) is 96.2 Å². The van der Waals surface area contributed by atoms with E-state index in [0.717, 1.165) is 0 Å². The largest absolute Gasteiger partial charge is 0.633 e. The van der Waals surface area contributed by atoms with E-state index in [2.05, 4.69) is 91.0 Å². The van der Waals surface area contributed by atoms with Crippen LogP contribution in [0.4, 0.5) is 0 Å².